The summed E-state index contributed by atoms with van der Waals surface area (Å²) in [5, 5.41) is 4.02. The van der Waals surface area contributed by atoms with Crippen LogP contribution in [0.3, 0.4) is 0 Å². The van der Waals surface area contributed by atoms with E-state index in [0.29, 0.717) is 13.1 Å². The Morgan fingerprint density at radius 1 is 1.23 bits per heavy atom. The van der Waals surface area contributed by atoms with Crippen LogP contribution in [-0.4, -0.2) is 73.3 Å². The van der Waals surface area contributed by atoms with Crippen molar-refractivity contribution in [3.8, 4) is 0 Å². The van der Waals surface area contributed by atoms with Gasteiger partial charge in [0.15, 0.2) is 0 Å². The highest BCUT2D eigenvalue weighted by Crippen LogP contribution is 2.09. The molecule has 0 amide bonds. The molecule has 0 aliphatic carbocycles. The molecule has 0 spiro atoms. The summed E-state index contributed by atoms with van der Waals surface area (Å²) in [4.78, 5) is 4.98. The minimum Gasteiger partial charge on any atom is -0.301 e. The number of likely N-dealkylation sites (N-methyl/N-ethyl adjacent to an activating group) is 1. The maximum Gasteiger partial charge on any atom is 0.243 e. The fourth-order valence-electron chi connectivity index (χ4n) is 2.62. The normalized spacial score (nSPS) is 19.4. The molecule has 1 fully saturated rings. The quantitative estimate of drug-likeness (QED) is 0.774. The first-order valence-electron chi connectivity index (χ1n) is 7.94. The molecule has 1 N–H and O–H groups in total. The van der Waals surface area contributed by atoms with Crippen LogP contribution in [0, 0.1) is 0 Å². The first-order valence-corrected chi connectivity index (χ1v) is 9.43. The second-order valence-electron chi connectivity index (χ2n) is 5.70. The lowest BCUT2D eigenvalue weighted by Gasteiger charge is -2.37. The predicted molar refractivity (Wildman–Crippen MR) is 86.2 cm³/mol. The first kappa shape index (κ1) is 17.4. The molecule has 7 nitrogen and oxygen atoms in total. The van der Waals surface area contributed by atoms with Crippen molar-refractivity contribution in [1.29, 1.82) is 0 Å². The number of aromatic nitrogens is 2. The van der Waals surface area contributed by atoms with E-state index in [0.717, 1.165) is 32.7 Å². The average Bonchev–Trinajstić information content (AvgIpc) is 3.03. The Hall–Kier alpha value is -0.960. The lowest BCUT2D eigenvalue weighted by Crippen LogP contribution is -2.52. The van der Waals surface area contributed by atoms with Crippen LogP contribution in [0.2, 0.25) is 0 Å². The number of rotatable bonds is 7. The van der Waals surface area contributed by atoms with Crippen molar-refractivity contribution < 1.29 is 8.42 Å². The van der Waals surface area contributed by atoms with Crippen molar-refractivity contribution in [2.75, 3.05) is 39.3 Å². The van der Waals surface area contributed by atoms with E-state index in [1.165, 1.54) is 6.20 Å². The molecule has 2 rings (SSSR count). The highest BCUT2D eigenvalue weighted by atomic mass is 32.2. The molecule has 0 bridgehead atoms. The summed E-state index contributed by atoms with van der Waals surface area (Å²) in [5.41, 5.74) is 0. The summed E-state index contributed by atoms with van der Waals surface area (Å²) < 4.78 is 28.8. The molecule has 1 aromatic rings. The first-order chi connectivity index (χ1) is 10.5. The zero-order chi connectivity index (χ0) is 16.2. The van der Waals surface area contributed by atoms with Gasteiger partial charge in [-0.25, -0.2) is 13.1 Å². The van der Waals surface area contributed by atoms with Gasteiger partial charge in [-0.05, 0) is 20.4 Å². The zero-order valence-electron chi connectivity index (χ0n) is 13.7. The number of aryl methyl sites for hydroxylation is 1. The average molecular weight is 329 g/mol. The summed E-state index contributed by atoms with van der Waals surface area (Å²) in [6.07, 6.45) is 2.96. The standard InChI is InChI=1S/C14H27N5O2S/c1-4-17-6-8-18(9-7-17)13(3)10-16-22(20,21)14-11-15-19(5-2)12-14/h11-13,16H,4-10H2,1-3H3/t13-/m1/s1. The van der Waals surface area contributed by atoms with Gasteiger partial charge in [0.25, 0.3) is 0 Å². The van der Waals surface area contributed by atoms with E-state index in [1.807, 2.05) is 6.92 Å². The van der Waals surface area contributed by atoms with Crippen molar-refractivity contribution in [3.05, 3.63) is 12.4 Å². The Labute approximate surface area is 133 Å². The Morgan fingerprint density at radius 2 is 1.91 bits per heavy atom. The number of piperazine rings is 1. The minimum atomic E-state index is -3.47. The van der Waals surface area contributed by atoms with Crippen LogP contribution in [0.5, 0.6) is 0 Å². The molecule has 0 aromatic carbocycles. The van der Waals surface area contributed by atoms with Gasteiger partial charge < -0.3 is 4.90 Å². The number of sulfonamides is 1. The number of nitrogens with zero attached hydrogens (tertiary/aromatic N) is 4. The Bertz CT molecular complexity index is 564. The van der Waals surface area contributed by atoms with Crippen molar-refractivity contribution in [2.45, 2.75) is 38.3 Å². The molecule has 0 radical (unpaired) electrons. The fraction of sp³-hybridized carbons (Fsp3) is 0.786. The van der Waals surface area contributed by atoms with E-state index in [1.54, 1.807) is 10.9 Å². The van der Waals surface area contributed by atoms with Crippen LogP contribution in [0.1, 0.15) is 20.8 Å². The fourth-order valence-corrected chi connectivity index (χ4v) is 3.69. The van der Waals surface area contributed by atoms with Crippen LogP contribution < -0.4 is 4.72 Å². The monoisotopic (exact) mass is 329 g/mol. The van der Waals surface area contributed by atoms with Gasteiger partial charge in [0.1, 0.15) is 4.90 Å². The predicted octanol–water partition coefficient (Wildman–Crippen LogP) is 0.207. The van der Waals surface area contributed by atoms with E-state index < -0.39 is 10.0 Å². The zero-order valence-corrected chi connectivity index (χ0v) is 14.5. The van der Waals surface area contributed by atoms with E-state index >= 15 is 0 Å². The van der Waals surface area contributed by atoms with Crippen LogP contribution >= 0.6 is 0 Å². The van der Waals surface area contributed by atoms with Gasteiger partial charge in [-0.3, -0.25) is 9.58 Å². The third-order valence-corrected chi connectivity index (χ3v) is 5.67. The van der Waals surface area contributed by atoms with E-state index in [2.05, 4.69) is 33.5 Å². The van der Waals surface area contributed by atoms with Crippen LogP contribution in [0.15, 0.2) is 17.3 Å². The smallest absolute Gasteiger partial charge is 0.243 e. The molecule has 0 saturated carbocycles. The Kier molecular flexibility index (Phi) is 5.96. The van der Waals surface area contributed by atoms with E-state index in [9.17, 15) is 8.42 Å². The molecule has 22 heavy (non-hydrogen) atoms. The topological polar surface area (TPSA) is 70.5 Å². The maximum absolute atomic E-state index is 12.3. The van der Waals surface area contributed by atoms with E-state index in [-0.39, 0.29) is 10.9 Å². The third-order valence-electron chi connectivity index (χ3n) is 4.29. The lowest BCUT2D eigenvalue weighted by atomic mass is 10.2. The van der Waals surface area contributed by atoms with Gasteiger partial charge in [0.2, 0.25) is 10.0 Å². The summed E-state index contributed by atoms with van der Waals surface area (Å²) in [5.74, 6) is 0. The minimum absolute atomic E-state index is 0.190. The molecular weight excluding hydrogens is 302 g/mol. The summed E-state index contributed by atoms with van der Waals surface area (Å²) in [7, 11) is -3.47. The molecule has 1 saturated heterocycles. The highest BCUT2D eigenvalue weighted by molar-refractivity contribution is 7.89. The number of nitrogens with one attached hydrogen (secondary N) is 1. The molecule has 1 atom stereocenters. The highest BCUT2D eigenvalue weighted by Gasteiger charge is 2.22. The SMILES string of the molecule is CCN1CCN([C@H](C)CNS(=O)(=O)c2cnn(CC)c2)CC1. The van der Waals surface area contributed by atoms with Crippen LogP contribution in [0.25, 0.3) is 0 Å². The third kappa shape index (κ3) is 4.28. The number of hydrogen-bond acceptors (Lipinski definition) is 5. The lowest BCUT2D eigenvalue weighted by molar-refractivity contribution is 0.107. The van der Waals surface area contributed by atoms with Gasteiger partial charge >= 0.3 is 0 Å². The van der Waals surface area contributed by atoms with Gasteiger partial charge in [0.05, 0.1) is 6.20 Å². The molecule has 1 aliphatic rings. The molecule has 2 heterocycles. The van der Waals surface area contributed by atoms with Crippen LogP contribution in [-0.2, 0) is 16.6 Å². The van der Waals surface area contributed by atoms with Crippen molar-refractivity contribution in [3.63, 3.8) is 0 Å². The molecule has 0 unspecified atom stereocenters. The summed E-state index contributed by atoms with van der Waals surface area (Å²) in [6, 6.07) is 0.190. The summed E-state index contributed by atoms with van der Waals surface area (Å²) in [6.45, 7) is 12.4. The van der Waals surface area contributed by atoms with E-state index in [4.69, 9.17) is 0 Å². The summed E-state index contributed by atoms with van der Waals surface area (Å²) >= 11 is 0. The van der Waals surface area contributed by atoms with Crippen molar-refractivity contribution >= 4 is 10.0 Å². The second-order valence-corrected chi connectivity index (χ2v) is 7.47. The van der Waals surface area contributed by atoms with Gasteiger partial charge in [-0.15, -0.1) is 0 Å². The maximum atomic E-state index is 12.3. The molecular formula is C14H27N5O2S. The molecule has 1 aromatic heterocycles. The molecule has 1 aliphatic heterocycles. The molecule has 8 heteroatoms. The Morgan fingerprint density at radius 3 is 2.45 bits per heavy atom. The van der Waals surface area contributed by atoms with Gasteiger partial charge in [-0.1, -0.05) is 6.92 Å². The van der Waals surface area contributed by atoms with Crippen molar-refractivity contribution in [1.82, 2.24) is 24.3 Å². The number of hydrogen-bond donors (Lipinski definition) is 1. The largest absolute Gasteiger partial charge is 0.301 e. The van der Waals surface area contributed by atoms with Crippen LogP contribution in [0.4, 0.5) is 0 Å². The Balaban J connectivity index is 1.86. The van der Waals surface area contributed by atoms with Gasteiger partial charge in [0, 0.05) is 51.5 Å². The molecule has 126 valence electrons. The van der Waals surface area contributed by atoms with Gasteiger partial charge in [-0.2, -0.15) is 5.10 Å². The van der Waals surface area contributed by atoms with Crippen molar-refractivity contribution in [2.24, 2.45) is 0 Å². The second kappa shape index (κ2) is 7.54.